The molecule has 4 heterocycles. The van der Waals surface area contributed by atoms with Gasteiger partial charge in [-0.15, -0.1) is 0 Å². The summed E-state index contributed by atoms with van der Waals surface area (Å²) in [6, 6.07) is 2.08. The van der Waals surface area contributed by atoms with E-state index in [1.807, 2.05) is 0 Å². The number of anilines is 1. The van der Waals surface area contributed by atoms with E-state index in [1.54, 1.807) is 19.2 Å². The van der Waals surface area contributed by atoms with Crippen molar-refractivity contribution < 1.29 is 4.92 Å². The number of nitro groups is 1. The lowest BCUT2D eigenvalue weighted by molar-refractivity contribution is -0.384. The molecular weight excluding hydrogens is 258 g/mol. The van der Waals surface area contributed by atoms with Gasteiger partial charge in [0.15, 0.2) is 0 Å². The van der Waals surface area contributed by atoms with E-state index in [-0.39, 0.29) is 10.6 Å². The van der Waals surface area contributed by atoms with E-state index in [2.05, 4.69) is 20.1 Å². The number of hydrogen-bond donors (Lipinski definition) is 1. The van der Waals surface area contributed by atoms with Gasteiger partial charge in [-0.05, 0) is 13.0 Å². The Labute approximate surface area is 117 Å². The summed E-state index contributed by atoms with van der Waals surface area (Å²) in [4.78, 5) is 19.8. The molecule has 1 aromatic rings. The van der Waals surface area contributed by atoms with Gasteiger partial charge in [0.1, 0.15) is 0 Å². The van der Waals surface area contributed by atoms with Gasteiger partial charge in [0, 0.05) is 57.1 Å². The molecule has 3 fully saturated rings. The Balaban J connectivity index is 1.70. The van der Waals surface area contributed by atoms with Crippen LogP contribution in [0.3, 0.4) is 0 Å². The van der Waals surface area contributed by atoms with Crippen LogP contribution in [0.1, 0.15) is 5.56 Å². The number of pyridine rings is 1. The van der Waals surface area contributed by atoms with Gasteiger partial charge in [0.05, 0.1) is 4.92 Å². The fraction of sp³-hybridized carbons (Fsp3) is 0.615. The lowest BCUT2D eigenvalue weighted by atomic mass is 10.1. The number of nitrogens with one attached hydrogen (secondary N) is 1. The molecule has 7 nitrogen and oxygen atoms in total. The number of piperazine rings is 3. The van der Waals surface area contributed by atoms with Crippen molar-refractivity contribution in [3.63, 3.8) is 0 Å². The zero-order chi connectivity index (χ0) is 14.1. The highest BCUT2D eigenvalue weighted by Gasteiger charge is 2.32. The Hall–Kier alpha value is -1.73. The first kappa shape index (κ1) is 13.3. The molecule has 3 aliphatic heterocycles. The first-order valence-electron chi connectivity index (χ1n) is 6.95. The van der Waals surface area contributed by atoms with Crippen molar-refractivity contribution in [1.82, 2.24) is 14.8 Å². The number of fused-ring (bicyclic) bond motifs is 3. The smallest absolute Gasteiger partial charge is 0.314 e. The average molecular weight is 277 g/mol. The Morgan fingerprint density at radius 3 is 2.80 bits per heavy atom. The van der Waals surface area contributed by atoms with Crippen LogP contribution in [0.25, 0.3) is 0 Å². The van der Waals surface area contributed by atoms with Gasteiger partial charge >= 0.3 is 5.69 Å². The van der Waals surface area contributed by atoms with Crippen LogP contribution < -0.4 is 5.32 Å². The summed E-state index contributed by atoms with van der Waals surface area (Å²) in [6.45, 7) is 7.94. The number of rotatable bonds is 4. The van der Waals surface area contributed by atoms with Crippen LogP contribution in [0.4, 0.5) is 11.5 Å². The number of nitrogens with zero attached hydrogens (tertiary/aromatic N) is 4. The second kappa shape index (κ2) is 5.34. The molecule has 1 N–H and O–H groups in total. The minimum absolute atomic E-state index is 0.0868. The summed E-state index contributed by atoms with van der Waals surface area (Å²) < 4.78 is 0. The topological polar surface area (TPSA) is 74.5 Å². The fourth-order valence-corrected chi connectivity index (χ4v) is 3.04. The number of aryl methyl sites for hydroxylation is 1. The largest absolute Gasteiger partial charge is 0.363 e. The van der Waals surface area contributed by atoms with Gasteiger partial charge in [0.2, 0.25) is 5.82 Å². The highest BCUT2D eigenvalue weighted by molar-refractivity contribution is 5.59. The van der Waals surface area contributed by atoms with Gasteiger partial charge in [-0.3, -0.25) is 19.9 Å². The molecule has 0 spiro atoms. The molecule has 108 valence electrons. The minimum Gasteiger partial charge on any atom is -0.363 e. The molecule has 1 atom stereocenters. The highest BCUT2D eigenvalue weighted by atomic mass is 16.6. The van der Waals surface area contributed by atoms with Gasteiger partial charge < -0.3 is 5.32 Å². The van der Waals surface area contributed by atoms with Crippen molar-refractivity contribution >= 4 is 11.5 Å². The first-order chi connectivity index (χ1) is 9.65. The molecule has 1 aromatic heterocycles. The maximum atomic E-state index is 11.1. The molecule has 3 saturated heterocycles. The normalized spacial score (nSPS) is 28.4. The second-order valence-corrected chi connectivity index (χ2v) is 5.45. The van der Waals surface area contributed by atoms with Crippen LogP contribution in [0.15, 0.2) is 12.3 Å². The summed E-state index contributed by atoms with van der Waals surface area (Å²) in [7, 11) is 0. The van der Waals surface area contributed by atoms with Crippen LogP contribution >= 0.6 is 0 Å². The number of aromatic nitrogens is 1. The first-order valence-corrected chi connectivity index (χ1v) is 6.95. The van der Waals surface area contributed by atoms with E-state index in [0.29, 0.717) is 24.0 Å². The van der Waals surface area contributed by atoms with Crippen LogP contribution in [0.5, 0.6) is 0 Å². The zero-order valence-electron chi connectivity index (χ0n) is 11.6. The molecule has 2 bridgehead atoms. The van der Waals surface area contributed by atoms with E-state index in [4.69, 9.17) is 0 Å². The summed E-state index contributed by atoms with van der Waals surface area (Å²) in [5.41, 5.74) is 0.727. The Bertz CT molecular complexity index is 513. The van der Waals surface area contributed by atoms with E-state index in [9.17, 15) is 10.1 Å². The average Bonchev–Trinajstić information content (AvgIpc) is 2.46. The molecule has 0 aromatic carbocycles. The van der Waals surface area contributed by atoms with Crippen molar-refractivity contribution in [2.75, 3.05) is 44.6 Å². The molecule has 0 radical (unpaired) electrons. The summed E-state index contributed by atoms with van der Waals surface area (Å²) >= 11 is 0. The van der Waals surface area contributed by atoms with Gasteiger partial charge in [0.25, 0.3) is 0 Å². The predicted octanol–water partition coefficient (Wildman–Crippen LogP) is 0.710. The maximum Gasteiger partial charge on any atom is 0.314 e. The van der Waals surface area contributed by atoms with Crippen molar-refractivity contribution in [1.29, 1.82) is 0 Å². The van der Waals surface area contributed by atoms with Crippen LogP contribution in [0, 0.1) is 17.0 Å². The third kappa shape index (κ3) is 2.46. The van der Waals surface area contributed by atoms with Crippen LogP contribution in [-0.4, -0.2) is 65.0 Å². The SMILES string of the molecule is Cc1ccnc(NCC2CN3CCN2CC3)c1[N+](=O)[O-]. The standard InChI is InChI=1S/C13H19N5O2/c1-10-2-3-14-13(12(10)18(19)20)15-8-11-9-16-4-6-17(11)7-5-16/h2-3,11H,4-9H2,1H3,(H,14,15). The lowest BCUT2D eigenvalue weighted by Crippen LogP contribution is -2.62. The molecule has 1 unspecified atom stereocenters. The molecule has 0 saturated carbocycles. The molecule has 0 aliphatic carbocycles. The summed E-state index contributed by atoms with van der Waals surface area (Å²) in [5.74, 6) is 0.382. The predicted molar refractivity (Wildman–Crippen MR) is 75.9 cm³/mol. The zero-order valence-corrected chi connectivity index (χ0v) is 11.6. The molecule has 7 heteroatoms. The van der Waals surface area contributed by atoms with E-state index >= 15 is 0 Å². The third-order valence-corrected chi connectivity index (χ3v) is 4.21. The molecule has 4 rings (SSSR count). The van der Waals surface area contributed by atoms with Crippen LogP contribution in [0.2, 0.25) is 0 Å². The van der Waals surface area contributed by atoms with E-state index < -0.39 is 0 Å². The Morgan fingerprint density at radius 1 is 1.45 bits per heavy atom. The molecular formula is C13H19N5O2. The quantitative estimate of drug-likeness (QED) is 0.645. The van der Waals surface area contributed by atoms with Crippen molar-refractivity contribution in [3.05, 3.63) is 27.9 Å². The number of hydrogen-bond acceptors (Lipinski definition) is 6. The molecule has 20 heavy (non-hydrogen) atoms. The summed E-state index contributed by atoms with van der Waals surface area (Å²) in [5, 5.41) is 14.3. The van der Waals surface area contributed by atoms with Crippen LogP contribution in [-0.2, 0) is 0 Å². The monoisotopic (exact) mass is 277 g/mol. The van der Waals surface area contributed by atoms with Crippen molar-refractivity contribution in [2.45, 2.75) is 13.0 Å². The lowest BCUT2D eigenvalue weighted by Gasteiger charge is -2.47. The molecule has 3 aliphatic rings. The minimum atomic E-state index is -0.360. The van der Waals surface area contributed by atoms with E-state index in [0.717, 1.165) is 32.7 Å². The maximum absolute atomic E-state index is 11.1. The van der Waals surface area contributed by atoms with Gasteiger partial charge in [-0.25, -0.2) is 4.98 Å². The Morgan fingerprint density at radius 2 is 2.20 bits per heavy atom. The van der Waals surface area contributed by atoms with Crippen molar-refractivity contribution in [2.24, 2.45) is 0 Å². The fourth-order valence-electron chi connectivity index (χ4n) is 3.04. The van der Waals surface area contributed by atoms with Crippen molar-refractivity contribution in [3.8, 4) is 0 Å². The molecule has 0 amide bonds. The third-order valence-electron chi connectivity index (χ3n) is 4.21. The van der Waals surface area contributed by atoms with Gasteiger partial charge in [-0.1, -0.05) is 0 Å². The highest BCUT2D eigenvalue weighted by Crippen LogP contribution is 2.26. The Kier molecular flexibility index (Phi) is 3.54. The second-order valence-electron chi connectivity index (χ2n) is 5.45. The van der Waals surface area contributed by atoms with E-state index in [1.165, 1.54) is 0 Å². The van der Waals surface area contributed by atoms with Gasteiger partial charge in [-0.2, -0.15) is 0 Å². The summed E-state index contributed by atoms with van der Waals surface area (Å²) in [6.07, 6.45) is 1.61.